The number of nitriles is 1. The minimum absolute atomic E-state index is 0.667. The van der Waals surface area contributed by atoms with Crippen LogP contribution in [0.5, 0.6) is 0 Å². The van der Waals surface area contributed by atoms with Gasteiger partial charge in [-0.3, -0.25) is 9.30 Å². The zero-order valence-electron chi connectivity index (χ0n) is 21.7. The van der Waals surface area contributed by atoms with Crippen molar-refractivity contribution < 1.29 is 0 Å². The second kappa shape index (κ2) is 10.5. The van der Waals surface area contributed by atoms with Crippen molar-refractivity contribution in [1.82, 2.24) is 14.3 Å². The summed E-state index contributed by atoms with van der Waals surface area (Å²) in [5.41, 5.74) is 8.12. The first-order valence-electron chi connectivity index (χ1n) is 13.3. The number of anilines is 1. The Balaban J connectivity index is 1.37. The number of rotatable bonds is 6. The highest BCUT2D eigenvalue weighted by molar-refractivity contribution is 5.86. The molecule has 6 rings (SSSR count). The maximum Gasteiger partial charge on any atom is 0.157 e. The maximum absolute atomic E-state index is 10.2. The first kappa shape index (κ1) is 24.0. The van der Waals surface area contributed by atoms with E-state index in [0.717, 1.165) is 61.4 Å². The van der Waals surface area contributed by atoms with Crippen LogP contribution in [0, 0.1) is 18.3 Å². The van der Waals surface area contributed by atoms with Crippen LogP contribution in [0.1, 0.15) is 27.8 Å². The predicted octanol–water partition coefficient (Wildman–Crippen LogP) is 6.09. The van der Waals surface area contributed by atoms with E-state index >= 15 is 0 Å². The predicted molar refractivity (Wildman–Crippen MR) is 156 cm³/mol. The molecule has 0 spiro atoms. The molecule has 0 unspecified atom stereocenters. The van der Waals surface area contributed by atoms with Gasteiger partial charge >= 0.3 is 0 Å². The molecule has 0 atom stereocenters. The van der Waals surface area contributed by atoms with E-state index < -0.39 is 0 Å². The van der Waals surface area contributed by atoms with Crippen molar-refractivity contribution >= 4 is 28.6 Å². The average molecular weight is 498 g/mol. The first-order chi connectivity index (χ1) is 18.7. The van der Waals surface area contributed by atoms with Crippen molar-refractivity contribution in [3.63, 3.8) is 0 Å². The minimum Gasteiger partial charge on any atom is -0.355 e. The van der Waals surface area contributed by atoms with Crippen molar-refractivity contribution in [2.75, 3.05) is 37.6 Å². The molecule has 5 heteroatoms. The SMILES string of the molecule is Cc1c(Cc2ccccc2)c(N2CCN(C/C=C/c3ccccc3)CC2)n2c(nc3ccccc32)c1C#N. The molecule has 0 N–H and O–H groups in total. The van der Waals surface area contributed by atoms with E-state index in [1.165, 1.54) is 22.5 Å². The number of nitrogens with zero attached hydrogens (tertiary/aromatic N) is 5. The minimum atomic E-state index is 0.667. The molecule has 1 aliphatic heterocycles. The zero-order chi connectivity index (χ0) is 25.9. The molecule has 2 aromatic heterocycles. The highest BCUT2D eigenvalue weighted by Gasteiger charge is 2.26. The summed E-state index contributed by atoms with van der Waals surface area (Å²) >= 11 is 0. The van der Waals surface area contributed by atoms with Gasteiger partial charge in [-0.1, -0.05) is 84.9 Å². The number of para-hydroxylation sites is 2. The Morgan fingerprint density at radius 1 is 0.868 bits per heavy atom. The summed E-state index contributed by atoms with van der Waals surface area (Å²) in [5, 5.41) is 10.2. The van der Waals surface area contributed by atoms with Crippen LogP contribution >= 0.6 is 0 Å². The molecule has 0 bridgehead atoms. The topological polar surface area (TPSA) is 47.6 Å². The molecule has 188 valence electrons. The fourth-order valence-electron chi connectivity index (χ4n) is 5.55. The van der Waals surface area contributed by atoms with E-state index in [-0.39, 0.29) is 0 Å². The lowest BCUT2D eigenvalue weighted by atomic mass is 9.97. The molecular weight excluding hydrogens is 466 g/mol. The number of piperazine rings is 1. The zero-order valence-corrected chi connectivity index (χ0v) is 21.7. The molecule has 0 amide bonds. The van der Waals surface area contributed by atoms with Crippen molar-refractivity contribution in [1.29, 1.82) is 5.26 Å². The van der Waals surface area contributed by atoms with Gasteiger partial charge in [-0.05, 0) is 35.7 Å². The van der Waals surface area contributed by atoms with Gasteiger partial charge in [0.05, 0.1) is 16.6 Å². The second-order valence-electron chi connectivity index (χ2n) is 9.94. The molecule has 1 saturated heterocycles. The van der Waals surface area contributed by atoms with Crippen LogP contribution in [0.4, 0.5) is 5.82 Å². The summed E-state index contributed by atoms with van der Waals surface area (Å²) in [6.45, 7) is 6.84. The highest BCUT2D eigenvalue weighted by atomic mass is 15.3. The van der Waals surface area contributed by atoms with Crippen LogP contribution in [0.2, 0.25) is 0 Å². The lowest BCUT2D eigenvalue weighted by molar-refractivity contribution is 0.283. The molecule has 3 aromatic carbocycles. The van der Waals surface area contributed by atoms with E-state index in [9.17, 15) is 5.26 Å². The molecule has 38 heavy (non-hydrogen) atoms. The van der Waals surface area contributed by atoms with E-state index in [1.807, 2.05) is 18.2 Å². The molecule has 5 aromatic rings. The first-order valence-corrected chi connectivity index (χ1v) is 13.3. The van der Waals surface area contributed by atoms with Gasteiger partial charge in [-0.2, -0.15) is 5.26 Å². The van der Waals surface area contributed by atoms with Crippen LogP contribution in [0.3, 0.4) is 0 Å². The van der Waals surface area contributed by atoms with Gasteiger partial charge in [-0.15, -0.1) is 0 Å². The fraction of sp³-hybridized carbons (Fsp3) is 0.212. The van der Waals surface area contributed by atoms with Crippen LogP contribution in [-0.4, -0.2) is 47.0 Å². The largest absolute Gasteiger partial charge is 0.355 e. The van der Waals surface area contributed by atoms with E-state index in [4.69, 9.17) is 4.98 Å². The van der Waals surface area contributed by atoms with Gasteiger partial charge in [0.15, 0.2) is 5.65 Å². The van der Waals surface area contributed by atoms with Crippen LogP contribution in [-0.2, 0) is 6.42 Å². The van der Waals surface area contributed by atoms with Crippen molar-refractivity contribution in [3.05, 3.63) is 119 Å². The smallest absolute Gasteiger partial charge is 0.157 e. The van der Waals surface area contributed by atoms with Gasteiger partial charge in [0.25, 0.3) is 0 Å². The van der Waals surface area contributed by atoms with Crippen LogP contribution in [0.15, 0.2) is 91.0 Å². The standard InChI is InChI=1S/C33H31N5/c1-25-28(23-27-13-6-3-7-14-27)33(38-31-17-9-8-16-30(31)35-32(38)29(25)24-34)37-21-19-36(20-22-37)18-10-15-26-11-4-2-5-12-26/h2-17H,18-23H2,1H3/b15-10+. The molecule has 1 fully saturated rings. The monoisotopic (exact) mass is 497 g/mol. The Hall–Kier alpha value is -4.40. The van der Waals surface area contributed by atoms with E-state index in [0.29, 0.717) is 5.56 Å². The summed E-state index contributed by atoms with van der Waals surface area (Å²) < 4.78 is 2.24. The van der Waals surface area contributed by atoms with Gasteiger partial charge in [-0.25, -0.2) is 4.98 Å². The summed E-state index contributed by atoms with van der Waals surface area (Å²) in [5.74, 6) is 1.17. The Morgan fingerprint density at radius 3 is 2.29 bits per heavy atom. The van der Waals surface area contributed by atoms with Gasteiger partial charge in [0, 0.05) is 44.7 Å². The van der Waals surface area contributed by atoms with Crippen molar-refractivity contribution in [2.24, 2.45) is 0 Å². The normalized spacial score (nSPS) is 14.5. The van der Waals surface area contributed by atoms with E-state index in [1.54, 1.807) is 0 Å². The summed E-state index contributed by atoms with van der Waals surface area (Å²) in [6.07, 6.45) is 5.24. The summed E-state index contributed by atoms with van der Waals surface area (Å²) in [4.78, 5) is 9.94. The van der Waals surface area contributed by atoms with Crippen LogP contribution < -0.4 is 4.90 Å². The van der Waals surface area contributed by atoms with Crippen molar-refractivity contribution in [3.8, 4) is 6.07 Å². The molecule has 1 aliphatic rings. The molecule has 0 aliphatic carbocycles. The summed E-state index contributed by atoms with van der Waals surface area (Å²) in [6, 6.07) is 31.7. The number of benzene rings is 3. The van der Waals surface area contributed by atoms with Gasteiger partial charge in [0.2, 0.25) is 0 Å². The molecule has 5 nitrogen and oxygen atoms in total. The number of aromatic nitrogens is 2. The number of pyridine rings is 1. The third-order valence-electron chi connectivity index (χ3n) is 7.57. The third kappa shape index (κ3) is 4.55. The number of hydrogen-bond acceptors (Lipinski definition) is 4. The van der Waals surface area contributed by atoms with E-state index in [2.05, 4.69) is 106 Å². The molecule has 0 radical (unpaired) electrons. The van der Waals surface area contributed by atoms with Gasteiger partial charge < -0.3 is 4.90 Å². The Kier molecular flexibility index (Phi) is 6.64. The second-order valence-corrected chi connectivity index (χ2v) is 9.94. The molecule has 0 saturated carbocycles. The Bertz CT molecular complexity index is 1640. The molecular formula is C33H31N5. The quantitative estimate of drug-likeness (QED) is 0.285. The lowest BCUT2D eigenvalue weighted by Crippen LogP contribution is -2.47. The molecule has 3 heterocycles. The van der Waals surface area contributed by atoms with Crippen molar-refractivity contribution in [2.45, 2.75) is 13.3 Å². The average Bonchev–Trinajstić information content (AvgIpc) is 3.34. The number of imidazole rings is 1. The number of hydrogen-bond donors (Lipinski definition) is 0. The Labute approximate surface area is 223 Å². The highest BCUT2D eigenvalue weighted by Crippen LogP contribution is 2.35. The van der Waals surface area contributed by atoms with Crippen LogP contribution in [0.25, 0.3) is 22.8 Å². The van der Waals surface area contributed by atoms with Gasteiger partial charge in [0.1, 0.15) is 11.9 Å². The Morgan fingerprint density at radius 2 is 1.55 bits per heavy atom. The maximum atomic E-state index is 10.2. The fourth-order valence-corrected chi connectivity index (χ4v) is 5.55. The lowest BCUT2D eigenvalue weighted by Gasteiger charge is -2.37. The summed E-state index contributed by atoms with van der Waals surface area (Å²) in [7, 11) is 0. The number of fused-ring (bicyclic) bond motifs is 3. The third-order valence-corrected chi connectivity index (χ3v) is 7.57.